The third-order valence-corrected chi connectivity index (χ3v) is 2.86. The van der Waals surface area contributed by atoms with Gasteiger partial charge in [-0.1, -0.05) is 0 Å². The van der Waals surface area contributed by atoms with E-state index in [2.05, 4.69) is 10.1 Å². The monoisotopic (exact) mass is 336 g/mol. The highest BCUT2D eigenvalue weighted by atomic mass is 19.4. The number of nitrogens with one attached hydrogen (secondary N) is 2. The van der Waals surface area contributed by atoms with Crippen LogP contribution in [0, 0.1) is 0 Å². The fourth-order valence-electron chi connectivity index (χ4n) is 1.85. The number of rotatable bonds is 7. The Kier molecular flexibility index (Phi) is 6.20. The number of hydrogen-bond acceptors (Lipinski definition) is 5. The number of aromatic nitrogens is 1. The number of ether oxygens (including phenoxy) is 2. The van der Waals surface area contributed by atoms with E-state index in [0.29, 0.717) is 0 Å². The van der Waals surface area contributed by atoms with E-state index in [0.717, 1.165) is 12.3 Å². The van der Waals surface area contributed by atoms with Crippen molar-refractivity contribution < 1.29 is 27.4 Å². The summed E-state index contributed by atoms with van der Waals surface area (Å²) in [6.07, 6.45) is -3.60. The molecule has 130 valence electrons. The molecule has 0 fully saturated rings. The molecule has 2 N–H and O–H groups in total. The van der Waals surface area contributed by atoms with E-state index in [1.54, 1.807) is 13.8 Å². The van der Waals surface area contributed by atoms with Gasteiger partial charge in [-0.3, -0.25) is 9.59 Å². The highest BCUT2D eigenvalue weighted by molar-refractivity contribution is 5.69. The van der Waals surface area contributed by atoms with Gasteiger partial charge in [-0.15, -0.1) is 0 Å². The number of esters is 1. The second-order valence-corrected chi connectivity index (χ2v) is 5.48. The molecule has 0 aliphatic rings. The Morgan fingerprint density at radius 1 is 1.35 bits per heavy atom. The number of carbonyl (C=O) groups excluding carboxylic acids is 1. The van der Waals surface area contributed by atoms with E-state index in [-0.39, 0.29) is 25.3 Å². The first-order chi connectivity index (χ1) is 10.6. The fraction of sp³-hybridized carbons (Fsp3) is 0.571. The zero-order valence-corrected chi connectivity index (χ0v) is 13.0. The van der Waals surface area contributed by atoms with Crippen molar-refractivity contribution in [2.75, 3.05) is 25.6 Å². The van der Waals surface area contributed by atoms with Gasteiger partial charge in [-0.2, -0.15) is 13.2 Å². The second kappa shape index (κ2) is 7.49. The van der Waals surface area contributed by atoms with Crippen molar-refractivity contribution in [3.8, 4) is 0 Å². The van der Waals surface area contributed by atoms with E-state index in [9.17, 15) is 22.8 Å². The Bertz CT molecular complexity index is 596. The SMILES string of the molecule is COC(=O)CCOCC(C)(C)Nc1cc[nH]c(=O)c1C(F)(F)F. The molecular weight excluding hydrogens is 317 g/mol. The van der Waals surface area contributed by atoms with E-state index in [1.165, 1.54) is 7.11 Å². The summed E-state index contributed by atoms with van der Waals surface area (Å²) in [5.41, 5.74) is -3.72. The molecule has 0 amide bonds. The van der Waals surface area contributed by atoms with Gasteiger partial charge in [0.15, 0.2) is 0 Å². The molecule has 0 aliphatic heterocycles. The van der Waals surface area contributed by atoms with Gasteiger partial charge in [0.1, 0.15) is 5.56 Å². The van der Waals surface area contributed by atoms with Gasteiger partial charge in [-0.05, 0) is 19.9 Å². The molecule has 1 aromatic rings. The minimum Gasteiger partial charge on any atom is -0.469 e. The first-order valence-corrected chi connectivity index (χ1v) is 6.78. The normalized spacial score (nSPS) is 12.1. The van der Waals surface area contributed by atoms with Crippen LogP contribution < -0.4 is 10.9 Å². The molecule has 0 saturated carbocycles. The van der Waals surface area contributed by atoms with Crippen LogP contribution in [0.4, 0.5) is 18.9 Å². The summed E-state index contributed by atoms with van der Waals surface area (Å²) in [5.74, 6) is -0.440. The first-order valence-electron chi connectivity index (χ1n) is 6.78. The molecule has 0 atom stereocenters. The zero-order chi connectivity index (χ0) is 17.7. The maximum Gasteiger partial charge on any atom is 0.423 e. The Morgan fingerprint density at radius 2 is 2.00 bits per heavy atom. The summed E-state index contributed by atoms with van der Waals surface area (Å²) in [6, 6.07) is 1.14. The second-order valence-electron chi connectivity index (χ2n) is 5.48. The van der Waals surface area contributed by atoms with Crippen molar-refractivity contribution in [2.24, 2.45) is 0 Å². The number of methoxy groups -OCH3 is 1. The predicted octanol–water partition coefficient (Wildman–Crippen LogP) is 2.16. The zero-order valence-electron chi connectivity index (χ0n) is 13.0. The Labute approximate surface area is 131 Å². The number of halogens is 3. The number of pyridine rings is 1. The smallest absolute Gasteiger partial charge is 0.423 e. The highest BCUT2D eigenvalue weighted by Crippen LogP contribution is 2.32. The van der Waals surface area contributed by atoms with Crippen molar-refractivity contribution >= 4 is 11.7 Å². The van der Waals surface area contributed by atoms with Crippen molar-refractivity contribution in [1.29, 1.82) is 0 Å². The quantitative estimate of drug-likeness (QED) is 0.589. The largest absolute Gasteiger partial charge is 0.469 e. The van der Waals surface area contributed by atoms with Crippen LogP contribution in [0.1, 0.15) is 25.8 Å². The molecule has 1 aromatic heterocycles. The molecular formula is C14H19F3N2O4. The van der Waals surface area contributed by atoms with Gasteiger partial charge < -0.3 is 19.8 Å². The van der Waals surface area contributed by atoms with Crippen LogP contribution in [0.15, 0.2) is 17.1 Å². The summed E-state index contributed by atoms with van der Waals surface area (Å²) in [7, 11) is 1.25. The molecule has 6 nitrogen and oxygen atoms in total. The van der Waals surface area contributed by atoms with Gasteiger partial charge >= 0.3 is 12.1 Å². The fourth-order valence-corrected chi connectivity index (χ4v) is 1.85. The minimum atomic E-state index is -4.78. The van der Waals surface area contributed by atoms with Crippen LogP contribution in [0.3, 0.4) is 0 Å². The van der Waals surface area contributed by atoms with Crippen LogP contribution >= 0.6 is 0 Å². The van der Waals surface area contributed by atoms with Crippen molar-refractivity contribution in [3.05, 3.63) is 28.2 Å². The average Bonchev–Trinajstić information content (AvgIpc) is 2.41. The topological polar surface area (TPSA) is 80.4 Å². The number of carbonyl (C=O) groups is 1. The molecule has 0 radical (unpaired) electrons. The summed E-state index contributed by atoms with van der Waals surface area (Å²) >= 11 is 0. The molecule has 0 aliphatic carbocycles. The Hall–Kier alpha value is -2.03. The maximum atomic E-state index is 13.0. The summed E-state index contributed by atoms with van der Waals surface area (Å²) < 4.78 is 48.6. The molecule has 0 aromatic carbocycles. The Balaban J connectivity index is 2.76. The highest BCUT2D eigenvalue weighted by Gasteiger charge is 2.38. The minimum absolute atomic E-state index is 0.0358. The molecule has 0 saturated heterocycles. The van der Waals surface area contributed by atoms with Crippen LogP contribution in [0.2, 0.25) is 0 Å². The van der Waals surface area contributed by atoms with Crippen molar-refractivity contribution in [3.63, 3.8) is 0 Å². The first kappa shape index (κ1) is 19.0. The molecule has 0 bridgehead atoms. The number of aromatic amines is 1. The lowest BCUT2D eigenvalue weighted by Gasteiger charge is -2.28. The summed E-state index contributed by atoms with van der Waals surface area (Å²) in [6.45, 7) is 3.35. The number of alkyl halides is 3. The summed E-state index contributed by atoms with van der Waals surface area (Å²) in [4.78, 5) is 24.4. The number of hydrogen-bond donors (Lipinski definition) is 2. The molecule has 23 heavy (non-hydrogen) atoms. The van der Waals surface area contributed by atoms with Crippen LogP contribution in [-0.2, 0) is 20.4 Å². The van der Waals surface area contributed by atoms with E-state index < -0.39 is 28.8 Å². The molecule has 1 rings (SSSR count). The predicted molar refractivity (Wildman–Crippen MR) is 77.2 cm³/mol. The van der Waals surface area contributed by atoms with E-state index in [1.807, 2.05) is 4.98 Å². The Morgan fingerprint density at radius 3 is 2.57 bits per heavy atom. The van der Waals surface area contributed by atoms with Gasteiger partial charge in [0.2, 0.25) is 0 Å². The number of H-pyrrole nitrogens is 1. The van der Waals surface area contributed by atoms with Gasteiger partial charge in [0.05, 0.1) is 38.0 Å². The van der Waals surface area contributed by atoms with Crippen LogP contribution in [-0.4, -0.2) is 36.8 Å². The number of anilines is 1. The van der Waals surface area contributed by atoms with E-state index in [4.69, 9.17) is 4.74 Å². The maximum absolute atomic E-state index is 13.0. The van der Waals surface area contributed by atoms with Gasteiger partial charge in [0.25, 0.3) is 5.56 Å². The summed E-state index contributed by atoms with van der Waals surface area (Å²) in [5, 5.41) is 2.66. The van der Waals surface area contributed by atoms with Gasteiger partial charge in [0, 0.05) is 6.20 Å². The van der Waals surface area contributed by atoms with Crippen LogP contribution in [0.25, 0.3) is 0 Å². The van der Waals surface area contributed by atoms with Crippen molar-refractivity contribution in [1.82, 2.24) is 4.98 Å². The van der Waals surface area contributed by atoms with Crippen LogP contribution in [0.5, 0.6) is 0 Å². The van der Waals surface area contributed by atoms with Crippen molar-refractivity contribution in [2.45, 2.75) is 32.0 Å². The molecule has 9 heteroatoms. The van der Waals surface area contributed by atoms with E-state index >= 15 is 0 Å². The average molecular weight is 336 g/mol. The molecule has 0 unspecified atom stereocenters. The lowest BCUT2D eigenvalue weighted by molar-refractivity contribution is -0.142. The lowest BCUT2D eigenvalue weighted by Crippen LogP contribution is -2.38. The van der Waals surface area contributed by atoms with Gasteiger partial charge in [-0.25, -0.2) is 0 Å². The third kappa shape index (κ3) is 5.93. The molecule has 0 spiro atoms. The molecule has 1 heterocycles. The third-order valence-electron chi connectivity index (χ3n) is 2.86. The standard InChI is InChI=1S/C14H19F3N2O4/c1-13(2,8-23-7-5-10(20)22-3)19-9-4-6-18-12(21)11(9)14(15,16)17/h4,6H,5,7-8H2,1-3H3,(H2,18,19,21). The lowest BCUT2D eigenvalue weighted by atomic mass is 10.1.